The van der Waals surface area contributed by atoms with Crippen LogP contribution in [0.15, 0.2) is 47.4 Å². The van der Waals surface area contributed by atoms with Gasteiger partial charge in [0.2, 0.25) is 0 Å². The van der Waals surface area contributed by atoms with Crippen molar-refractivity contribution < 1.29 is 8.78 Å². The molecule has 0 unspecified atom stereocenters. The third-order valence-electron chi connectivity index (χ3n) is 2.21. The Morgan fingerprint density at radius 1 is 0.941 bits per heavy atom. The topological polar surface area (TPSA) is 0 Å². The molecule has 0 aliphatic heterocycles. The minimum absolute atomic E-state index is 0.687. The van der Waals surface area contributed by atoms with Crippen LogP contribution in [0.5, 0.6) is 0 Å². The number of benzene rings is 2. The summed E-state index contributed by atoms with van der Waals surface area (Å²) in [5.74, 6) is -0.936. The van der Waals surface area contributed by atoms with Gasteiger partial charge in [-0.1, -0.05) is 23.7 Å². The van der Waals surface area contributed by atoms with Crippen molar-refractivity contribution >= 4 is 23.4 Å². The van der Waals surface area contributed by atoms with E-state index in [4.69, 9.17) is 11.6 Å². The maximum Gasteiger partial charge on any atom is 0.159 e. The summed E-state index contributed by atoms with van der Waals surface area (Å²) in [7, 11) is 0. The number of halogens is 3. The molecule has 0 spiro atoms. The average molecular weight is 271 g/mol. The molecule has 0 heterocycles. The fraction of sp³-hybridized carbons (Fsp3) is 0.0769. The Bertz CT molecular complexity index is 511. The molecule has 0 aliphatic rings. The van der Waals surface area contributed by atoms with E-state index in [2.05, 4.69) is 0 Å². The highest BCUT2D eigenvalue weighted by Crippen LogP contribution is 2.24. The zero-order chi connectivity index (χ0) is 12.3. The van der Waals surface area contributed by atoms with Crippen LogP contribution in [-0.4, -0.2) is 0 Å². The van der Waals surface area contributed by atoms with Gasteiger partial charge in [-0.2, -0.15) is 0 Å². The normalized spacial score (nSPS) is 10.5. The summed E-state index contributed by atoms with van der Waals surface area (Å²) in [6.07, 6.45) is 0. The maximum atomic E-state index is 13.0. The van der Waals surface area contributed by atoms with E-state index in [1.807, 2.05) is 24.3 Å². The monoisotopic (exact) mass is 270 g/mol. The highest BCUT2D eigenvalue weighted by atomic mass is 35.5. The van der Waals surface area contributed by atoms with Crippen molar-refractivity contribution in [2.24, 2.45) is 0 Å². The Labute approximate surface area is 108 Å². The third kappa shape index (κ3) is 3.45. The van der Waals surface area contributed by atoms with Crippen molar-refractivity contribution in [1.82, 2.24) is 0 Å². The second kappa shape index (κ2) is 5.52. The Kier molecular flexibility index (Phi) is 4.02. The van der Waals surface area contributed by atoms with Gasteiger partial charge in [0, 0.05) is 15.7 Å². The van der Waals surface area contributed by atoms with Crippen molar-refractivity contribution in [3.63, 3.8) is 0 Å². The van der Waals surface area contributed by atoms with E-state index in [1.165, 1.54) is 17.8 Å². The van der Waals surface area contributed by atoms with E-state index in [0.29, 0.717) is 15.7 Å². The molecule has 0 fully saturated rings. The second-order valence-corrected chi connectivity index (χ2v) is 4.98. The molecule has 2 aromatic rings. The van der Waals surface area contributed by atoms with Crippen LogP contribution in [-0.2, 0) is 5.75 Å². The molecule has 4 heteroatoms. The van der Waals surface area contributed by atoms with Crippen LogP contribution >= 0.6 is 23.4 Å². The van der Waals surface area contributed by atoms with Crippen LogP contribution in [0.1, 0.15) is 5.56 Å². The zero-order valence-electron chi connectivity index (χ0n) is 8.79. The van der Waals surface area contributed by atoms with E-state index in [-0.39, 0.29) is 0 Å². The number of hydrogen-bond acceptors (Lipinski definition) is 1. The summed E-state index contributed by atoms with van der Waals surface area (Å²) in [4.78, 5) is 0.707. The Hall–Kier alpha value is -1.06. The smallest absolute Gasteiger partial charge is 0.159 e. The molecule has 88 valence electrons. The molecule has 17 heavy (non-hydrogen) atoms. The number of thioether (sulfide) groups is 1. The SMILES string of the molecule is Fc1ccc(SCc2ccc(Cl)cc2)cc1F. The van der Waals surface area contributed by atoms with Crippen molar-refractivity contribution in [2.45, 2.75) is 10.6 Å². The minimum Gasteiger partial charge on any atom is -0.204 e. The van der Waals surface area contributed by atoms with Crippen molar-refractivity contribution in [3.8, 4) is 0 Å². The first kappa shape index (κ1) is 12.4. The second-order valence-electron chi connectivity index (χ2n) is 3.49. The lowest BCUT2D eigenvalue weighted by atomic mass is 10.2. The summed E-state index contributed by atoms with van der Waals surface area (Å²) in [6.45, 7) is 0. The molecule has 0 aliphatic carbocycles. The predicted molar refractivity (Wildman–Crippen MR) is 67.4 cm³/mol. The van der Waals surface area contributed by atoms with Gasteiger partial charge in [0.25, 0.3) is 0 Å². The molecule has 0 amide bonds. The van der Waals surface area contributed by atoms with Gasteiger partial charge in [0.15, 0.2) is 11.6 Å². The van der Waals surface area contributed by atoms with Crippen LogP contribution in [0.3, 0.4) is 0 Å². The van der Waals surface area contributed by atoms with Gasteiger partial charge in [-0.05, 0) is 35.9 Å². The molecule has 2 rings (SSSR count). The molecule has 0 aromatic heterocycles. The Morgan fingerprint density at radius 2 is 1.65 bits per heavy atom. The summed E-state index contributed by atoms with van der Waals surface area (Å²) >= 11 is 7.22. The van der Waals surface area contributed by atoms with Crippen molar-refractivity contribution in [2.75, 3.05) is 0 Å². The summed E-state index contributed by atoms with van der Waals surface area (Å²) < 4.78 is 25.7. The van der Waals surface area contributed by atoms with Crippen molar-refractivity contribution in [1.29, 1.82) is 0 Å². The molecule has 0 saturated heterocycles. The lowest BCUT2D eigenvalue weighted by Crippen LogP contribution is -1.85. The first-order valence-electron chi connectivity index (χ1n) is 4.97. The molecule has 0 radical (unpaired) electrons. The van der Waals surface area contributed by atoms with E-state index >= 15 is 0 Å². The largest absolute Gasteiger partial charge is 0.204 e. The number of hydrogen-bond donors (Lipinski definition) is 0. The quantitative estimate of drug-likeness (QED) is 0.714. The summed E-state index contributed by atoms with van der Waals surface area (Å²) in [5.41, 5.74) is 1.09. The van der Waals surface area contributed by atoms with Crippen LogP contribution in [0.4, 0.5) is 8.78 Å². The molecule has 0 N–H and O–H groups in total. The minimum atomic E-state index is -0.819. The molecule has 0 saturated carbocycles. The molecule has 0 atom stereocenters. The first-order valence-corrected chi connectivity index (χ1v) is 6.34. The van der Waals surface area contributed by atoms with E-state index in [1.54, 1.807) is 6.07 Å². The molecule has 2 aromatic carbocycles. The van der Waals surface area contributed by atoms with Gasteiger partial charge < -0.3 is 0 Å². The molecule has 0 nitrogen and oxygen atoms in total. The van der Waals surface area contributed by atoms with Gasteiger partial charge in [0.1, 0.15) is 0 Å². The molecular formula is C13H9ClF2S. The molecule has 0 bridgehead atoms. The van der Waals surface area contributed by atoms with E-state index in [0.717, 1.165) is 11.6 Å². The zero-order valence-corrected chi connectivity index (χ0v) is 10.4. The average Bonchev–Trinajstić information content (AvgIpc) is 2.33. The highest BCUT2D eigenvalue weighted by Gasteiger charge is 2.03. The fourth-order valence-electron chi connectivity index (χ4n) is 1.31. The van der Waals surface area contributed by atoms with E-state index < -0.39 is 11.6 Å². The summed E-state index contributed by atoms with van der Waals surface area (Å²) in [5, 5.41) is 0.687. The summed E-state index contributed by atoms with van der Waals surface area (Å²) in [6, 6.07) is 11.4. The number of rotatable bonds is 3. The third-order valence-corrected chi connectivity index (χ3v) is 3.53. The lowest BCUT2D eigenvalue weighted by molar-refractivity contribution is 0.506. The van der Waals surface area contributed by atoms with Gasteiger partial charge in [-0.3, -0.25) is 0 Å². The Balaban J connectivity index is 2.02. The van der Waals surface area contributed by atoms with Gasteiger partial charge in [-0.25, -0.2) is 8.78 Å². The van der Waals surface area contributed by atoms with Crippen LogP contribution in [0.25, 0.3) is 0 Å². The van der Waals surface area contributed by atoms with Crippen LogP contribution in [0.2, 0.25) is 5.02 Å². The highest BCUT2D eigenvalue weighted by molar-refractivity contribution is 7.98. The van der Waals surface area contributed by atoms with Gasteiger partial charge in [0.05, 0.1) is 0 Å². The Morgan fingerprint density at radius 3 is 2.29 bits per heavy atom. The van der Waals surface area contributed by atoms with Crippen LogP contribution in [0, 0.1) is 11.6 Å². The van der Waals surface area contributed by atoms with E-state index in [9.17, 15) is 8.78 Å². The predicted octanol–water partition coefficient (Wildman–Crippen LogP) is 4.91. The van der Waals surface area contributed by atoms with Gasteiger partial charge in [-0.15, -0.1) is 11.8 Å². The molecular weight excluding hydrogens is 262 g/mol. The van der Waals surface area contributed by atoms with Crippen LogP contribution < -0.4 is 0 Å². The standard InChI is InChI=1S/C13H9ClF2S/c14-10-3-1-9(2-4-10)8-17-11-5-6-12(15)13(16)7-11/h1-7H,8H2. The van der Waals surface area contributed by atoms with Gasteiger partial charge >= 0.3 is 0 Å². The maximum absolute atomic E-state index is 13.0. The van der Waals surface area contributed by atoms with Crippen molar-refractivity contribution in [3.05, 3.63) is 64.7 Å². The lowest BCUT2D eigenvalue weighted by Gasteiger charge is -2.03. The fourth-order valence-corrected chi connectivity index (χ4v) is 2.32. The first-order chi connectivity index (χ1) is 8.15.